The van der Waals surface area contributed by atoms with Gasteiger partial charge in [-0.3, -0.25) is 5.32 Å². The number of hydrogen-bond acceptors (Lipinski definition) is 2. The smallest absolute Gasteiger partial charge is 0.0969 e. The molecule has 0 amide bonds. The fourth-order valence-electron chi connectivity index (χ4n) is 0.295. The highest BCUT2D eigenvalue weighted by molar-refractivity contribution is 4.61. The van der Waals surface area contributed by atoms with Crippen LogP contribution in [0, 0.1) is 6.54 Å². The Hall–Kier alpha value is -0.0800. The van der Waals surface area contributed by atoms with E-state index < -0.39 is 0 Å². The minimum absolute atomic E-state index is 0.694. The third-order valence-electron chi connectivity index (χ3n) is 0.531. The van der Waals surface area contributed by atoms with E-state index in [9.17, 15) is 0 Å². The molecule has 1 fully saturated rings. The van der Waals surface area contributed by atoms with Crippen molar-refractivity contribution >= 4 is 0 Å². The van der Waals surface area contributed by atoms with E-state index in [2.05, 4.69) is 5.32 Å². The van der Waals surface area contributed by atoms with Crippen molar-refractivity contribution < 1.29 is 4.74 Å². The molecule has 0 spiro atoms. The number of rotatable bonds is 0. The van der Waals surface area contributed by atoms with Gasteiger partial charge >= 0.3 is 0 Å². The number of hydrogen-bond donors (Lipinski definition) is 1. The minimum Gasteiger partial charge on any atom is -0.365 e. The lowest BCUT2D eigenvalue weighted by atomic mass is 10.7. The van der Waals surface area contributed by atoms with Gasteiger partial charge in [0.05, 0.1) is 13.3 Å². The van der Waals surface area contributed by atoms with Crippen LogP contribution in [0.25, 0.3) is 0 Å². The van der Waals surface area contributed by atoms with Gasteiger partial charge < -0.3 is 4.74 Å². The van der Waals surface area contributed by atoms with Gasteiger partial charge in [0.25, 0.3) is 0 Å². The van der Waals surface area contributed by atoms with Crippen LogP contribution in [0.3, 0.4) is 0 Å². The quantitative estimate of drug-likeness (QED) is 0.425. The molecule has 5 heavy (non-hydrogen) atoms. The summed E-state index contributed by atoms with van der Waals surface area (Å²) in [6, 6.07) is 0. The van der Waals surface area contributed by atoms with Gasteiger partial charge in [0, 0.05) is 6.54 Å². The van der Waals surface area contributed by atoms with Crippen LogP contribution < -0.4 is 5.32 Å². The van der Waals surface area contributed by atoms with E-state index in [4.69, 9.17) is 4.74 Å². The second-order valence-corrected chi connectivity index (χ2v) is 0.923. The van der Waals surface area contributed by atoms with Crippen molar-refractivity contribution in [2.24, 2.45) is 0 Å². The van der Waals surface area contributed by atoms with Crippen molar-refractivity contribution in [2.45, 2.75) is 0 Å². The Balaban J connectivity index is 2.08. The number of nitrogens with one attached hydrogen (secondary N) is 1. The molecule has 0 bridgehead atoms. The third-order valence-corrected chi connectivity index (χ3v) is 0.531. The Morgan fingerprint density at radius 3 is 3.00 bits per heavy atom. The predicted molar refractivity (Wildman–Crippen MR) is 18.3 cm³/mol. The van der Waals surface area contributed by atoms with Gasteiger partial charge in [0.15, 0.2) is 0 Å². The highest BCUT2D eigenvalue weighted by atomic mass is 16.5. The van der Waals surface area contributed by atoms with Gasteiger partial charge in [-0.25, -0.2) is 0 Å². The SMILES string of the molecule is [CH]1COCN1. The Labute approximate surface area is 31.1 Å². The van der Waals surface area contributed by atoms with Crippen molar-refractivity contribution in [3.05, 3.63) is 6.54 Å². The van der Waals surface area contributed by atoms with E-state index in [-0.39, 0.29) is 0 Å². The fourth-order valence-corrected chi connectivity index (χ4v) is 0.295. The molecule has 0 saturated carbocycles. The minimum atomic E-state index is 0.694. The van der Waals surface area contributed by atoms with Crippen molar-refractivity contribution in [3.8, 4) is 0 Å². The zero-order valence-electron chi connectivity index (χ0n) is 2.90. The molecule has 1 N–H and O–H groups in total. The molecule has 2 nitrogen and oxygen atoms in total. The molecule has 29 valence electrons. The molecule has 2 heteroatoms. The highest BCUT2D eigenvalue weighted by Gasteiger charge is 1.93. The van der Waals surface area contributed by atoms with Crippen LogP contribution in [0.15, 0.2) is 0 Å². The van der Waals surface area contributed by atoms with Crippen LogP contribution in [0.5, 0.6) is 0 Å². The molecule has 1 aliphatic heterocycles. The largest absolute Gasteiger partial charge is 0.365 e. The van der Waals surface area contributed by atoms with Crippen LogP contribution in [0.1, 0.15) is 0 Å². The first-order valence-corrected chi connectivity index (χ1v) is 1.63. The van der Waals surface area contributed by atoms with Gasteiger partial charge in [0.2, 0.25) is 0 Å². The number of ether oxygens (including phenoxy) is 1. The molecule has 1 rings (SSSR count). The Morgan fingerprint density at radius 2 is 2.80 bits per heavy atom. The standard InChI is InChI=1S/C3H6NO/c1-2-5-3-4-1/h1,4H,2-3H2. The average Bonchev–Trinajstić information content (AvgIpc) is 1.76. The molecule has 0 aliphatic carbocycles. The second kappa shape index (κ2) is 1.38. The predicted octanol–water partition coefficient (Wildman–Crippen LogP) is -0.275. The molecule has 1 heterocycles. The van der Waals surface area contributed by atoms with Crippen molar-refractivity contribution in [2.75, 3.05) is 13.3 Å². The summed E-state index contributed by atoms with van der Waals surface area (Å²) in [6.45, 7) is 3.35. The Morgan fingerprint density at radius 1 is 1.80 bits per heavy atom. The molecule has 0 aromatic heterocycles. The third kappa shape index (κ3) is 0.597. The van der Waals surface area contributed by atoms with Crippen LogP contribution >= 0.6 is 0 Å². The van der Waals surface area contributed by atoms with E-state index in [1.807, 2.05) is 6.54 Å². The summed E-state index contributed by atoms with van der Waals surface area (Å²) in [5, 5.41) is 2.88. The fraction of sp³-hybridized carbons (Fsp3) is 0.667. The first kappa shape index (κ1) is 3.12. The molecule has 0 atom stereocenters. The van der Waals surface area contributed by atoms with Gasteiger partial charge in [-0.15, -0.1) is 0 Å². The van der Waals surface area contributed by atoms with E-state index in [1.165, 1.54) is 0 Å². The zero-order chi connectivity index (χ0) is 3.54. The van der Waals surface area contributed by atoms with Crippen molar-refractivity contribution in [1.29, 1.82) is 0 Å². The van der Waals surface area contributed by atoms with Crippen LogP contribution in [0.2, 0.25) is 0 Å². The maximum Gasteiger partial charge on any atom is 0.0969 e. The summed E-state index contributed by atoms with van der Waals surface area (Å²) in [5.74, 6) is 0. The maximum atomic E-state index is 4.78. The molecule has 1 saturated heterocycles. The van der Waals surface area contributed by atoms with Gasteiger partial charge in [0.1, 0.15) is 0 Å². The molecular formula is C3H6NO. The summed E-state index contributed by atoms with van der Waals surface area (Å²) in [6.07, 6.45) is 0. The topological polar surface area (TPSA) is 21.3 Å². The monoisotopic (exact) mass is 72.0 g/mol. The first-order chi connectivity index (χ1) is 2.50. The molecule has 0 aromatic rings. The molecule has 1 radical (unpaired) electrons. The summed E-state index contributed by atoms with van der Waals surface area (Å²) in [4.78, 5) is 0. The molecule has 1 aliphatic rings. The summed E-state index contributed by atoms with van der Waals surface area (Å²) >= 11 is 0. The van der Waals surface area contributed by atoms with E-state index in [0.29, 0.717) is 6.73 Å². The molecular weight excluding hydrogens is 66.0 g/mol. The summed E-state index contributed by atoms with van der Waals surface area (Å²) < 4.78 is 4.78. The first-order valence-electron chi connectivity index (χ1n) is 1.63. The van der Waals surface area contributed by atoms with Gasteiger partial charge in [-0.05, 0) is 0 Å². The summed E-state index contributed by atoms with van der Waals surface area (Å²) in [5.41, 5.74) is 0. The van der Waals surface area contributed by atoms with Crippen LogP contribution in [-0.4, -0.2) is 13.3 Å². The van der Waals surface area contributed by atoms with Crippen molar-refractivity contribution in [3.63, 3.8) is 0 Å². The molecule has 0 unspecified atom stereocenters. The Kier molecular flexibility index (Phi) is 0.862. The highest BCUT2D eigenvalue weighted by Crippen LogP contribution is 1.81. The maximum absolute atomic E-state index is 4.78. The van der Waals surface area contributed by atoms with Crippen molar-refractivity contribution in [1.82, 2.24) is 5.32 Å². The molecule has 0 aromatic carbocycles. The second-order valence-electron chi connectivity index (χ2n) is 0.923. The lowest BCUT2D eigenvalue weighted by Gasteiger charge is -1.76. The lowest BCUT2D eigenvalue weighted by molar-refractivity contribution is 0.197. The Bertz CT molecular complexity index is 18.5. The summed E-state index contributed by atoms with van der Waals surface area (Å²) in [7, 11) is 0. The van der Waals surface area contributed by atoms with E-state index in [1.54, 1.807) is 0 Å². The zero-order valence-corrected chi connectivity index (χ0v) is 2.90. The van der Waals surface area contributed by atoms with E-state index in [0.717, 1.165) is 6.61 Å². The van der Waals surface area contributed by atoms with Crippen LogP contribution in [0.4, 0.5) is 0 Å². The van der Waals surface area contributed by atoms with Gasteiger partial charge in [-0.2, -0.15) is 0 Å². The average molecular weight is 72.1 g/mol. The normalized spacial score (nSPS) is 24.0. The van der Waals surface area contributed by atoms with E-state index >= 15 is 0 Å². The van der Waals surface area contributed by atoms with Gasteiger partial charge in [-0.1, -0.05) is 0 Å². The van der Waals surface area contributed by atoms with Crippen LogP contribution in [-0.2, 0) is 4.74 Å². The lowest BCUT2D eigenvalue weighted by Crippen LogP contribution is -1.99.